The summed E-state index contributed by atoms with van der Waals surface area (Å²) in [5.74, 6) is 1.72. The van der Waals surface area contributed by atoms with Gasteiger partial charge in [-0.25, -0.2) is 4.98 Å². The fourth-order valence-corrected chi connectivity index (χ4v) is 11.5. The Kier molecular flexibility index (Phi) is 9.78. The number of benzene rings is 11. The first-order valence-corrected chi connectivity index (χ1v) is 25.4. The molecular weight excluding hydrogens is 913 g/mol. The van der Waals surface area contributed by atoms with E-state index in [0.717, 1.165) is 88.4 Å². The van der Waals surface area contributed by atoms with Gasteiger partial charge in [-0.3, -0.25) is 4.57 Å². The summed E-state index contributed by atoms with van der Waals surface area (Å²) in [5, 5.41) is 6.94. The molecule has 0 aliphatic carbocycles. The maximum absolute atomic E-state index is 5.49. The van der Waals surface area contributed by atoms with E-state index in [4.69, 9.17) is 15.0 Å². The lowest BCUT2D eigenvalue weighted by Crippen LogP contribution is -2.07. The van der Waals surface area contributed by atoms with Gasteiger partial charge in [0.1, 0.15) is 0 Å². The largest absolute Gasteiger partial charge is 0.309 e. The summed E-state index contributed by atoms with van der Waals surface area (Å²) in [6.07, 6.45) is 0. The summed E-state index contributed by atoms with van der Waals surface area (Å²) in [6.45, 7) is 0. The second-order valence-electron chi connectivity index (χ2n) is 19.2. The first-order valence-electron chi connectivity index (χ1n) is 25.4. The smallest absolute Gasteiger partial charge is 0.238 e. The molecule has 15 rings (SSSR count). The average Bonchev–Trinajstić information content (AvgIpc) is 4.15. The van der Waals surface area contributed by atoms with Crippen molar-refractivity contribution in [3.05, 3.63) is 267 Å². The third-order valence-corrected chi connectivity index (χ3v) is 14.9. The maximum atomic E-state index is 5.49. The molecule has 0 aliphatic heterocycles. The van der Waals surface area contributed by atoms with E-state index in [2.05, 4.69) is 262 Å². The minimum atomic E-state index is 0.538. The third kappa shape index (κ3) is 6.92. The molecule has 4 heterocycles. The van der Waals surface area contributed by atoms with Crippen LogP contribution in [0.15, 0.2) is 267 Å². The molecule has 0 saturated carbocycles. The molecule has 0 bridgehead atoms. The van der Waals surface area contributed by atoms with E-state index < -0.39 is 0 Å². The molecule has 0 spiro atoms. The third-order valence-electron chi connectivity index (χ3n) is 14.9. The van der Waals surface area contributed by atoms with Crippen molar-refractivity contribution in [3.8, 4) is 73.5 Å². The molecular formula is C69H44N6. The summed E-state index contributed by atoms with van der Waals surface area (Å²) in [5.41, 5.74) is 17.4. The monoisotopic (exact) mass is 956 g/mol. The zero-order valence-corrected chi connectivity index (χ0v) is 40.6. The molecule has 0 aliphatic rings. The van der Waals surface area contributed by atoms with Crippen LogP contribution >= 0.6 is 0 Å². The molecule has 11 aromatic carbocycles. The lowest BCUT2D eigenvalue weighted by Gasteiger charge is -2.16. The van der Waals surface area contributed by atoms with E-state index >= 15 is 0 Å². The Morgan fingerprint density at radius 3 is 1.32 bits per heavy atom. The first-order chi connectivity index (χ1) is 37.2. The summed E-state index contributed by atoms with van der Waals surface area (Å²) in [4.78, 5) is 16.2. The molecule has 4 aromatic heterocycles. The van der Waals surface area contributed by atoms with Crippen LogP contribution in [-0.2, 0) is 0 Å². The predicted molar refractivity (Wildman–Crippen MR) is 310 cm³/mol. The van der Waals surface area contributed by atoms with Gasteiger partial charge in [0.25, 0.3) is 0 Å². The predicted octanol–water partition coefficient (Wildman–Crippen LogP) is 17.5. The Morgan fingerprint density at radius 2 is 0.680 bits per heavy atom. The molecule has 75 heavy (non-hydrogen) atoms. The van der Waals surface area contributed by atoms with Gasteiger partial charge in [0.2, 0.25) is 5.95 Å². The summed E-state index contributed by atoms with van der Waals surface area (Å²) in [6, 6.07) is 95.3. The molecule has 0 saturated heterocycles. The quantitative estimate of drug-likeness (QED) is 0.152. The van der Waals surface area contributed by atoms with Gasteiger partial charge >= 0.3 is 0 Å². The van der Waals surface area contributed by atoms with Crippen LogP contribution in [0, 0.1) is 0 Å². The van der Waals surface area contributed by atoms with Crippen LogP contribution in [0.1, 0.15) is 0 Å². The summed E-state index contributed by atoms with van der Waals surface area (Å²) >= 11 is 0. The lowest BCUT2D eigenvalue weighted by atomic mass is 9.98. The Hall–Kier alpha value is -10.2. The molecule has 15 aromatic rings. The van der Waals surface area contributed by atoms with Gasteiger partial charge in [0.15, 0.2) is 11.6 Å². The minimum Gasteiger partial charge on any atom is -0.309 e. The molecule has 350 valence electrons. The van der Waals surface area contributed by atoms with Crippen molar-refractivity contribution in [3.63, 3.8) is 0 Å². The number of hydrogen-bond donors (Lipinski definition) is 0. The second-order valence-corrected chi connectivity index (χ2v) is 19.2. The minimum absolute atomic E-state index is 0.538. The Balaban J connectivity index is 1.00. The van der Waals surface area contributed by atoms with Crippen molar-refractivity contribution in [2.75, 3.05) is 0 Å². The van der Waals surface area contributed by atoms with E-state index in [0.29, 0.717) is 17.6 Å². The number of fused-ring (bicyclic) bond motifs is 10. The topological polar surface area (TPSA) is 53.5 Å². The van der Waals surface area contributed by atoms with Crippen molar-refractivity contribution in [2.24, 2.45) is 0 Å². The molecule has 0 radical (unpaired) electrons. The van der Waals surface area contributed by atoms with Crippen LogP contribution in [0.3, 0.4) is 0 Å². The Labute approximate surface area is 432 Å². The summed E-state index contributed by atoms with van der Waals surface area (Å²) in [7, 11) is 0. The average molecular weight is 957 g/mol. The van der Waals surface area contributed by atoms with E-state index in [-0.39, 0.29) is 0 Å². The van der Waals surface area contributed by atoms with Gasteiger partial charge in [0, 0.05) is 54.7 Å². The molecule has 6 heteroatoms. The zero-order chi connectivity index (χ0) is 49.4. The van der Waals surface area contributed by atoms with Crippen molar-refractivity contribution >= 4 is 65.4 Å². The van der Waals surface area contributed by atoms with Crippen LogP contribution in [0.25, 0.3) is 139 Å². The molecule has 0 N–H and O–H groups in total. The number of para-hydroxylation sites is 4. The van der Waals surface area contributed by atoms with Crippen molar-refractivity contribution in [2.45, 2.75) is 0 Å². The fourth-order valence-electron chi connectivity index (χ4n) is 11.5. The Morgan fingerprint density at radius 1 is 0.240 bits per heavy atom. The van der Waals surface area contributed by atoms with Crippen molar-refractivity contribution in [1.82, 2.24) is 28.7 Å². The van der Waals surface area contributed by atoms with Crippen molar-refractivity contribution in [1.29, 1.82) is 0 Å². The standard InChI is InChI=1S/C69H44N6/c1-4-19-45(20-5-1)50-25-18-26-51(43-50)46-35-37-49(38-36-46)68-70-67(48-23-8-3-9-24-48)71-69(72-68)75-63-34-17-13-30-56(63)57-40-41-58-59-44-52(73-61-32-15-11-28-54(61)55-29-12-16-33-62(55)73)39-42-64(59)74(65(58)66(57)75)60-31-14-10-27-53(60)47-21-6-2-7-22-47/h1-44H. The van der Waals surface area contributed by atoms with E-state index in [1.54, 1.807) is 0 Å². The fraction of sp³-hybridized carbons (Fsp3) is 0. The summed E-state index contributed by atoms with van der Waals surface area (Å²) < 4.78 is 7.17. The molecule has 0 amide bonds. The van der Waals surface area contributed by atoms with Gasteiger partial charge in [0.05, 0.1) is 38.8 Å². The van der Waals surface area contributed by atoms with Gasteiger partial charge in [-0.1, -0.05) is 218 Å². The second kappa shape index (κ2) is 17.3. The highest BCUT2D eigenvalue weighted by Crippen LogP contribution is 2.44. The van der Waals surface area contributed by atoms with E-state index in [1.807, 2.05) is 18.2 Å². The molecule has 6 nitrogen and oxygen atoms in total. The van der Waals surface area contributed by atoms with Gasteiger partial charge < -0.3 is 9.13 Å². The van der Waals surface area contributed by atoms with Crippen LogP contribution in [0.5, 0.6) is 0 Å². The van der Waals surface area contributed by atoms with Crippen LogP contribution in [0.2, 0.25) is 0 Å². The highest BCUT2D eigenvalue weighted by molar-refractivity contribution is 6.24. The maximum Gasteiger partial charge on any atom is 0.238 e. The number of nitrogens with zero attached hydrogens (tertiary/aromatic N) is 6. The first kappa shape index (κ1) is 42.5. The van der Waals surface area contributed by atoms with Gasteiger partial charge in [-0.15, -0.1) is 0 Å². The Bertz CT molecular complexity index is 4630. The highest BCUT2D eigenvalue weighted by atomic mass is 15.2. The zero-order valence-electron chi connectivity index (χ0n) is 40.6. The number of aromatic nitrogens is 6. The van der Waals surface area contributed by atoms with Gasteiger partial charge in [-0.2, -0.15) is 9.97 Å². The highest BCUT2D eigenvalue weighted by Gasteiger charge is 2.25. The normalized spacial score (nSPS) is 11.7. The van der Waals surface area contributed by atoms with E-state index in [9.17, 15) is 0 Å². The van der Waals surface area contributed by atoms with Crippen molar-refractivity contribution < 1.29 is 0 Å². The van der Waals surface area contributed by atoms with Crippen LogP contribution in [0.4, 0.5) is 0 Å². The number of rotatable bonds is 8. The van der Waals surface area contributed by atoms with Crippen LogP contribution < -0.4 is 0 Å². The number of hydrogen-bond acceptors (Lipinski definition) is 3. The van der Waals surface area contributed by atoms with E-state index in [1.165, 1.54) is 32.9 Å². The lowest BCUT2D eigenvalue weighted by molar-refractivity contribution is 0.953. The SMILES string of the molecule is c1ccc(-c2cccc(-c3ccc(-c4nc(-c5ccccc5)nc(-n5c6ccccc6c6ccc7c8cc(-n9c%10ccccc%10c%10ccccc%109)ccc8n(-c8ccccc8-c8ccccc8)c7c65)n4)cc3)c2)cc1. The molecule has 0 unspecified atom stereocenters. The van der Waals surface area contributed by atoms with Gasteiger partial charge in [-0.05, 0) is 76.3 Å². The molecule has 0 atom stereocenters. The van der Waals surface area contributed by atoms with Crippen LogP contribution in [-0.4, -0.2) is 28.7 Å². The molecule has 0 fully saturated rings.